The summed E-state index contributed by atoms with van der Waals surface area (Å²) in [6.07, 6.45) is 5.33. The molecule has 6 rings (SSSR count). The summed E-state index contributed by atoms with van der Waals surface area (Å²) in [5, 5.41) is 6.64. The van der Waals surface area contributed by atoms with Crippen molar-refractivity contribution in [2.75, 3.05) is 30.4 Å². The van der Waals surface area contributed by atoms with E-state index in [0.717, 1.165) is 42.0 Å². The Kier molecular flexibility index (Phi) is 7.63. The molecule has 1 unspecified atom stereocenters. The molecule has 0 radical (unpaired) electrons. The largest absolute Gasteiger partial charge is 0.380 e. The molecule has 1 aliphatic carbocycles. The fourth-order valence-electron chi connectivity index (χ4n) is 6.42. The van der Waals surface area contributed by atoms with Crippen molar-refractivity contribution < 1.29 is 18.7 Å². The summed E-state index contributed by atoms with van der Waals surface area (Å²) in [4.78, 5) is 29.5. The average molecular weight is 554 g/mol. The second-order valence-electron chi connectivity index (χ2n) is 11.4. The minimum absolute atomic E-state index is 0.0685. The van der Waals surface area contributed by atoms with Gasteiger partial charge >= 0.3 is 0 Å². The van der Waals surface area contributed by atoms with Crippen molar-refractivity contribution in [3.63, 3.8) is 0 Å². The lowest BCUT2D eigenvalue weighted by molar-refractivity contribution is -0.123. The number of benzene rings is 3. The van der Waals surface area contributed by atoms with E-state index < -0.39 is 17.8 Å². The number of piperidine rings is 1. The number of halogens is 1. The number of ether oxygens (including phenoxy) is 1. The number of carbonyl (C=O) groups is 2. The zero-order valence-electron chi connectivity index (χ0n) is 23.6. The maximum Gasteiger partial charge on any atom is 0.257 e. The van der Waals surface area contributed by atoms with Crippen molar-refractivity contribution in [2.24, 2.45) is 5.92 Å². The molecule has 2 heterocycles. The van der Waals surface area contributed by atoms with Crippen LogP contribution in [-0.2, 0) is 16.0 Å². The van der Waals surface area contributed by atoms with Crippen LogP contribution in [0.4, 0.5) is 15.8 Å². The van der Waals surface area contributed by atoms with Crippen LogP contribution in [-0.4, -0.2) is 42.5 Å². The molecule has 0 saturated carbocycles. The van der Waals surface area contributed by atoms with Crippen LogP contribution in [0.5, 0.6) is 0 Å². The fourth-order valence-corrected chi connectivity index (χ4v) is 6.42. The highest BCUT2D eigenvalue weighted by atomic mass is 19.1. The molecular formula is C34H36FN3O3. The van der Waals surface area contributed by atoms with E-state index in [1.54, 1.807) is 24.0 Å². The summed E-state index contributed by atoms with van der Waals surface area (Å²) in [6, 6.07) is 18.4. The predicted molar refractivity (Wildman–Crippen MR) is 159 cm³/mol. The second kappa shape index (κ2) is 11.5. The zero-order valence-corrected chi connectivity index (χ0v) is 23.6. The predicted octanol–water partition coefficient (Wildman–Crippen LogP) is 6.53. The summed E-state index contributed by atoms with van der Waals surface area (Å²) in [7, 11) is 0. The number of likely N-dealkylation sites (tertiary alicyclic amines) is 1. The lowest BCUT2D eigenvalue weighted by Crippen LogP contribution is -2.46. The summed E-state index contributed by atoms with van der Waals surface area (Å²) in [5.41, 5.74) is 6.84. The first-order chi connectivity index (χ1) is 19.9. The standard InChI is InChI=1S/C34H36FN3O3/c1-21-8-9-23-10-15-26(19-29(21)23)37-33(39)28-6-4-17-38(34(40)31-22(2)5-3-7-30(31)35)32(28)24-11-13-25(14-12-24)36-27-16-18-41-20-27/h3,5,7-8,10-15,19,27-28,32,36H,4,6,9,16-18,20H2,1-2H3,(H,37,39)/t27?,28-,32-/m0/s1. The minimum atomic E-state index is -0.541. The summed E-state index contributed by atoms with van der Waals surface area (Å²) in [5.74, 6) is -1.55. The van der Waals surface area contributed by atoms with Gasteiger partial charge in [0.05, 0.1) is 30.2 Å². The van der Waals surface area contributed by atoms with Crippen LogP contribution in [0.1, 0.15) is 64.8 Å². The van der Waals surface area contributed by atoms with Gasteiger partial charge in [0.2, 0.25) is 5.91 Å². The van der Waals surface area contributed by atoms with Crippen LogP contribution < -0.4 is 10.6 Å². The Morgan fingerprint density at radius 3 is 2.56 bits per heavy atom. The Morgan fingerprint density at radius 1 is 1.00 bits per heavy atom. The molecule has 2 amide bonds. The van der Waals surface area contributed by atoms with Crippen molar-refractivity contribution in [3.05, 3.63) is 100 Å². The molecule has 3 atom stereocenters. The highest BCUT2D eigenvalue weighted by Crippen LogP contribution is 2.39. The topological polar surface area (TPSA) is 70.7 Å². The van der Waals surface area contributed by atoms with Crippen LogP contribution in [0.3, 0.4) is 0 Å². The first-order valence-electron chi connectivity index (χ1n) is 14.5. The molecule has 2 N–H and O–H groups in total. The Balaban J connectivity index is 1.32. The Labute approximate surface area is 240 Å². The molecule has 212 valence electrons. The van der Waals surface area contributed by atoms with Crippen LogP contribution in [0.25, 0.3) is 5.57 Å². The fraction of sp³-hybridized carbons (Fsp3) is 0.353. The Bertz CT molecular complexity index is 1470. The van der Waals surface area contributed by atoms with E-state index in [2.05, 4.69) is 29.7 Å². The number of nitrogens with one attached hydrogen (secondary N) is 2. The number of hydrogen-bond donors (Lipinski definition) is 2. The molecule has 41 heavy (non-hydrogen) atoms. The smallest absolute Gasteiger partial charge is 0.257 e. The summed E-state index contributed by atoms with van der Waals surface area (Å²) in [6.45, 7) is 5.71. The van der Waals surface area contributed by atoms with Gasteiger partial charge in [0.25, 0.3) is 5.91 Å². The van der Waals surface area contributed by atoms with Crippen LogP contribution in [0.2, 0.25) is 0 Å². The maximum absolute atomic E-state index is 15.0. The van der Waals surface area contributed by atoms with Gasteiger partial charge in [-0.25, -0.2) is 4.39 Å². The molecule has 2 saturated heterocycles. The third kappa shape index (κ3) is 5.51. The summed E-state index contributed by atoms with van der Waals surface area (Å²) >= 11 is 0. The molecule has 0 spiro atoms. The van der Waals surface area contributed by atoms with Gasteiger partial charge in [-0.05, 0) is 97.7 Å². The van der Waals surface area contributed by atoms with Gasteiger partial charge in [0.15, 0.2) is 0 Å². The van der Waals surface area contributed by atoms with E-state index in [1.165, 1.54) is 17.2 Å². The Hall–Kier alpha value is -3.97. The number of anilines is 2. The highest BCUT2D eigenvalue weighted by Gasteiger charge is 2.40. The third-order valence-electron chi connectivity index (χ3n) is 8.65. The third-order valence-corrected chi connectivity index (χ3v) is 8.65. The number of carbonyl (C=O) groups excluding carboxylic acids is 2. The molecule has 7 heteroatoms. The molecule has 6 nitrogen and oxygen atoms in total. The minimum Gasteiger partial charge on any atom is -0.380 e. The molecule has 2 aliphatic heterocycles. The number of fused-ring (bicyclic) bond motifs is 1. The lowest BCUT2D eigenvalue weighted by Gasteiger charge is -2.41. The van der Waals surface area contributed by atoms with Crippen molar-refractivity contribution in [1.82, 2.24) is 4.90 Å². The van der Waals surface area contributed by atoms with E-state index in [0.29, 0.717) is 31.6 Å². The molecule has 3 aromatic carbocycles. The van der Waals surface area contributed by atoms with Crippen molar-refractivity contribution in [2.45, 2.75) is 51.6 Å². The molecular weight excluding hydrogens is 517 g/mol. The van der Waals surface area contributed by atoms with Crippen LogP contribution in [0, 0.1) is 18.7 Å². The average Bonchev–Trinajstić information content (AvgIpc) is 3.62. The lowest BCUT2D eigenvalue weighted by atomic mass is 9.83. The molecule has 2 fully saturated rings. The molecule has 0 aromatic heterocycles. The molecule has 0 bridgehead atoms. The van der Waals surface area contributed by atoms with Crippen molar-refractivity contribution in [1.29, 1.82) is 0 Å². The number of aryl methyl sites for hydroxylation is 1. The van der Waals surface area contributed by atoms with Gasteiger partial charge in [-0.3, -0.25) is 9.59 Å². The number of allylic oxidation sites excluding steroid dienone is 2. The SMILES string of the molecule is CC1=CCc2ccc(NC(=O)[C@H]3CCCN(C(=O)c4c(C)cccc4F)[C@H]3c3ccc(NC4CCOC4)cc3)cc21. The zero-order chi connectivity index (χ0) is 28.5. The van der Waals surface area contributed by atoms with Gasteiger partial charge in [0.1, 0.15) is 5.82 Å². The van der Waals surface area contributed by atoms with Gasteiger partial charge in [0, 0.05) is 24.5 Å². The molecule has 3 aromatic rings. The quantitative estimate of drug-likeness (QED) is 0.364. The first kappa shape index (κ1) is 27.2. The van der Waals surface area contributed by atoms with Crippen molar-refractivity contribution >= 4 is 28.8 Å². The van der Waals surface area contributed by atoms with E-state index in [-0.39, 0.29) is 23.4 Å². The van der Waals surface area contributed by atoms with E-state index >= 15 is 0 Å². The van der Waals surface area contributed by atoms with E-state index in [9.17, 15) is 14.0 Å². The Morgan fingerprint density at radius 2 is 1.80 bits per heavy atom. The first-order valence-corrected chi connectivity index (χ1v) is 14.5. The number of amides is 2. The second-order valence-corrected chi connectivity index (χ2v) is 11.4. The van der Waals surface area contributed by atoms with Gasteiger partial charge in [-0.1, -0.05) is 36.4 Å². The number of nitrogens with zero attached hydrogens (tertiary/aromatic N) is 1. The van der Waals surface area contributed by atoms with Crippen molar-refractivity contribution in [3.8, 4) is 0 Å². The van der Waals surface area contributed by atoms with E-state index in [4.69, 9.17) is 4.74 Å². The van der Waals surface area contributed by atoms with Gasteiger partial charge < -0.3 is 20.3 Å². The number of hydrogen-bond acceptors (Lipinski definition) is 4. The van der Waals surface area contributed by atoms with E-state index in [1.807, 2.05) is 36.4 Å². The van der Waals surface area contributed by atoms with Gasteiger partial charge in [-0.2, -0.15) is 0 Å². The van der Waals surface area contributed by atoms with Crippen LogP contribution in [0.15, 0.2) is 66.7 Å². The molecule has 3 aliphatic rings. The maximum atomic E-state index is 15.0. The number of rotatable bonds is 6. The summed E-state index contributed by atoms with van der Waals surface area (Å²) < 4.78 is 20.5. The van der Waals surface area contributed by atoms with Gasteiger partial charge in [-0.15, -0.1) is 0 Å². The monoisotopic (exact) mass is 553 g/mol. The van der Waals surface area contributed by atoms with Crippen LogP contribution >= 0.6 is 0 Å². The normalized spacial score (nSPS) is 21.8. The highest BCUT2D eigenvalue weighted by molar-refractivity contribution is 5.98.